The number of nitrogens with one attached hydrogen (secondary N) is 1. The van der Waals surface area contributed by atoms with Gasteiger partial charge >= 0.3 is 0 Å². The smallest absolute Gasteiger partial charge is 0.0702 e. The summed E-state index contributed by atoms with van der Waals surface area (Å²) in [6.45, 7) is 9.00. The van der Waals surface area contributed by atoms with E-state index in [1.165, 1.54) is 38.6 Å². The number of hydrogen-bond donors (Lipinski definition) is 1. The van der Waals surface area contributed by atoms with Crippen molar-refractivity contribution in [1.82, 2.24) is 10.2 Å². The van der Waals surface area contributed by atoms with Gasteiger partial charge in [-0.2, -0.15) is 0 Å². The molecule has 3 nitrogen and oxygen atoms in total. The molecule has 3 atom stereocenters. The first-order valence-corrected chi connectivity index (χ1v) is 8.19. The van der Waals surface area contributed by atoms with Crippen LogP contribution in [-0.2, 0) is 4.74 Å². The molecule has 0 aromatic rings. The minimum absolute atomic E-state index is 0.489. The lowest BCUT2D eigenvalue weighted by molar-refractivity contribution is -0.0251. The molecule has 0 aromatic carbocycles. The van der Waals surface area contributed by atoms with Crippen LogP contribution in [0.2, 0.25) is 0 Å². The molecule has 0 spiro atoms. The third-order valence-corrected chi connectivity index (χ3v) is 4.67. The van der Waals surface area contributed by atoms with Gasteiger partial charge in [-0.15, -0.1) is 0 Å². The van der Waals surface area contributed by atoms with Gasteiger partial charge in [0.25, 0.3) is 0 Å². The highest BCUT2D eigenvalue weighted by molar-refractivity contribution is 4.89. The number of ether oxygens (including phenoxy) is 1. The Bertz CT molecular complexity index is 251. The van der Waals surface area contributed by atoms with Gasteiger partial charge < -0.3 is 15.0 Å². The second-order valence-corrected chi connectivity index (χ2v) is 6.89. The van der Waals surface area contributed by atoms with Crippen LogP contribution < -0.4 is 5.32 Å². The van der Waals surface area contributed by atoms with Crippen molar-refractivity contribution in [3.63, 3.8) is 0 Å². The van der Waals surface area contributed by atoms with Gasteiger partial charge in [0, 0.05) is 19.2 Å². The van der Waals surface area contributed by atoms with Crippen molar-refractivity contribution in [2.75, 3.05) is 33.3 Å². The molecule has 112 valence electrons. The fourth-order valence-electron chi connectivity index (χ4n) is 3.34. The van der Waals surface area contributed by atoms with Gasteiger partial charge in [0.1, 0.15) is 0 Å². The maximum atomic E-state index is 5.86. The summed E-state index contributed by atoms with van der Waals surface area (Å²) < 4.78 is 5.86. The topological polar surface area (TPSA) is 24.5 Å². The van der Waals surface area contributed by atoms with Crippen LogP contribution in [0, 0.1) is 11.8 Å². The third kappa shape index (κ3) is 4.73. The molecule has 0 bridgehead atoms. The van der Waals surface area contributed by atoms with Crippen LogP contribution in [0.1, 0.15) is 46.0 Å². The summed E-state index contributed by atoms with van der Waals surface area (Å²) >= 11 is 0. The van der Waals surface area contributed by atoms with Gasteiger partial charge in [0.05, 0.1) is 6.10 Å². The molecule has 0 radical (unpaired) electrons. The maximum Gasteiger partial charge on any atom is 0.0702 e. The summed E-state index contributed by atoms with van der Waals surface area (Å²) in [5, 5.41) is 3.62. The standard InChI is InChI=1S/C16H32N2O/c1-13(2)10-17-11-14-7-8-16(14)18(3)12-15-6-4-5-9-19-15/h13-17H,4-12H2,1-3H3. The van der Waals surface area contributed by atoms with E-state index >= 15 is 0 Å². The second-order valence-electron chi connectivity index (χ2n) is 6.89. The Balaban J connectivity index is 1.65. The van der Waals surface area contributed by atoms with Crippen molar-refractivity contribution in [3.05, 3.63) is 0 Å². The van der Waals surface area contributed by atoms with Crippen molar-refractivity contribution in [2.45, 2.75) is 58.1 Å². The Morgan fingerprint density at radius 3 is 2.63 bits per heavy atom. The molecule has 1 saturated heterocycles. The van der Waals surface area contributed by atoms with Gasteiger partial charge in [0.15, 0.2) is 0 Å². The quantitative estimate of drug-likeness (QED) is 0.768. The molecule has 2 rings (SSSR count). The average Bonchev–Trinajstić information content (AvgIpc) is 2.34. The van der Waals surface area contributed by atoms with Crippen LogP contribution >= 0.6 is 0 Å². The Morgan fingerprint density at radius 1 is 1.21 bits per heavy atom. The molecule has 1 aliphatic carbocycles. The number of rotatable bonds is 7. The summed E-state index contributed by atoms with van der Waals surface area (Å²) in [6.07, 6.45) is 7.12. The van der Waals surface area contributed by atoms with Crippen LogP contribution in [0.3, 0.4) is 0 Å². The van der Waals surface area contributed by atoms with Crippen molar-refractivity contribution in [2.24, 2.45) is 11.8 Å². The lowest BCUT2D eigenvalue weighted by Crippen LogP contribution is -2.51. The molecule has 19 heavy (non-hydrogen) atoms. The molecule has 1 aliphatic heterocycles. The molecule has 2 aliphatic rings. The molecule has 1 N–H and O–H groups in total. The normalized spacial score (nSPS) is 31.7. The fourth-order valence-corrected chi connectivity index (χ4v) is 3.34. The first kappa shape index (κ1) is 15.3. The highest BCUT2D eigenvalue weighted by Crippen LogP contribution is 2.31. The lowest BCUT2D eigenvalue weighted by atomic mass is 9.78. The Hall–Kier alpha value is -0.120. The van der Waals surface area contributed by atoms with E-state index in [2.05, 4.69) is 31.1 Å². The largest absolute Gasteiger partial charge is 0.377 e. The van der Waals surface area contributed by atoms with Gasteiger partial charge in [-0.1, -0.05) is 13.8 Å². The predicted octanol–water partition coefficient (Wildman–Crippen LogP) is 2.51. The minimum atomic E-state index is 0.489. The molecule has 3 heteroatoms. The van der Waals surface area contributed by atoms with Crippen molar-refractivity contribution in [1.29, 1.82) is 0 Å². The van der Waals surface area contributed by atoms with Crippen LogP contribution in [-0.4, -0.2) is 50.3 Å². The highest BCUT2D eigenvalue weighted by atomic mass is 16.5. The van der Waals surface area contributed by atoms with E-state index in [9.17, 15) is 0 Å². The van der Waals surface area contributed by atoms with Crippen molar-refractivity contribution >= 4 is 0 Å². The van der Waals surface area contributed by atoms with Crippen LogP contribution in [0.5, 0.6) is 0 Å². The third-order valence-electron chi connectivity index (χ3n) is 4.67. The van der Waals surface area contributed by atoms with E-state index < -0.39 is 0 Å². The SMILES string of the molecule is CC(C)CNCC1CCC1N(C)CC1CCCCO1. The van der Waals surface area contributed by atoms with E-state index in [1.54, 1.807) is 0 Å². The molecular weight excluding hydrogens is 236 g/mol. The van der Waals surface area contributed by atoms with E-state index in [0.717, 1.165) is 37.6 Å². The first-order valence-electron chi connectivity index (χ1n) is 8.19. The molecule has 1 saturated carbocycles. The first-order chi connectivity index (χ1) is 9.16. The Kier molecular flexibility index (Phi) is 6.11. The zero-order valence-corrected chi connectivity index (χ0v) is 13.0. The number of likely N-dealkylation sites (N-methyl/N-ethyl adjacent to an activating group) is 1. The Labute approximate surface area is 119 Å². The van der Waals surface area contributed by atoms with E-state index in [4.69, 9.17) is 4.74 Å². The summed E-state index contributed by atoms with van der Waals surface area (Å²) in [5.74, 6) is 1.61. The van der Waals surface area contributed by atoms with Gasteiger partial charge in [-0.3, -0.25) is 0 Å². The molecule has 3 unspecified atom stereocenters. The molecule has 0 amide bonds. The monoisotopic (exact) mass is 268 g/mol. The van der Waals surface area contributed by atoms with Crippen molar-refractivity contribution in [3.8, 4) is 0 Å². The summed E-state index contributed by atoms with van der Waals surface area (Å²) in [7, 11) is 2.29. The van der Waals surface area contributed by atoms with Crippen LogP contribution in [0.25, 0.3) is 0 Å². The van der Waals surface area contributed by atoms with Gasteiger partial charge in [-0.05, 0) is 64.1 Å². The zero-order chi connectivity index (χ0) is 13.7. The Morgan fingerprint density at radius 2 is 2.05 bits per heavy atom. The highest BCUT2D eigenvalue weighted by Gasteiger charge is 2.34. The van der Waals surface area contributed by atoms with Gasteiger partial charge in [0.2, 0.25) is 0 Å². The van der Waals surface area contributed by atoms with E-state index in [-0.39, 0.29) is 0 Å². The number of nitrogens with zero attached hydrogens (tertiary/aromatic N) is 1. The molecule has 1 heterocycles. The van der Waals surface area contributed by atoms with Crippen LogP contribution in [0.4, 0.5) is 0 Å². The minimum Gasteiger partial charge on any atom is -0.377 e. The fraction of sp³-hybridized carbons (Fsp3) is 1.00. The summed E-state index contributed by atoms with van der Waals surface area (Å²) in [5.41, 5.74) is 0. The predicted molar refractivity (Wildman–Crippen MR) is 80.4 cm³/mol. The molecule has 0 aromatic heterocycles. The summed E-state index contributed by atoms with van der Waals surface area (Å²) in [6, 6.07) is 0.783. The van der Waals surface area contributed by atoms with Crippen LogP contribution in [0.15, 0.2) is 0 Å². The van der Waals surface area contributed by atoms with Gasteiger partial charge in [-0.25, -0.2) is 0 Å². The molecule has 2 fully saturated rings. The zero-order valence-electron chi connectivity index (χ0n) is 13.0. The second kappa shape index (κ2) is 7.61. The van der Waals surface area contributed by atoms with E-state index in [1.807, 2.05) is 0 Å². The van der Waals surface area contributed by atoms with Crippen molar-refractivity contribution < 1.29 is 4.74 Å². The lowest BCUT2D eigenvalue weighted by Gasteiger charge is -2.44. The molecular formula is C16H32N2O. The average molecular weight is 268 g/mol. The maximum absolute atomic E-state index is 5.86. The summed E-state index contributed by atoms with van der Waals surface area (Å²) in [4.78, 5) is 2.56. The van der Waals surface area contributed by atoms with E-state index in [0.29, 0.717) is 6.10 Å². The number of hydrogen-bond acceptors (Lipinski definition) is 3.